The lowest BCUT2D eigenvalue weighted by atomic mass is 9.98. The predicted octanol–water partition coefficient (Wildman–Crippen LogP) is 3.52. The molecule has 1 fully saturated rings. The van der Waals surface area contributed by atoms with E-state index in [9.17, 15) is 14.4 Å². The first-order chi connectivity index (χ1) is 14.6. The molecule has 30 heavy (non-hydrogen) atoms. The Balaban J connectivity index is 1.57. The zero-order chi connectivity index (χ0) is 21.3. The lowest BCUT2D eigenvalue weighted by molar-refractivity contribution is -0.149. The molecule has 1 unspecified atom stereocenters. The Morgan fingerprint density at radius 2 is 1.80 bits per heavy atom. The Morgan fingerprint density at radius 3 is 2.57 bits per heavy atom. The number of rotatable bonds is 8. The summed E-state index contributed by atoms with van der Waals surface area (Å²) >= 11 is 0. The van der Waals surface area contributed by atoms with Crippen molar-refractivity contribution in [3.8, 4) is 0 Å². The number of benzene rings is 2. The van der Waals surface area contributed by atoms with E-state index in [1.165, 1.54) is 0 Å². The highest BCUT2D eigenvalue weighted by Gasteiger charge is 2.27. The average Bonchev–Trinajstić information content (AvgIpc) is 2.78. The van der Waals surface area contributed by atoms with E-state index in [4.69, 9.17) is 4.74 Å². The molecule has 3 rings (SSSR count). The van der Waals surface area contributed by atoms with Gasteiger partial charge in [0.15, 0.2) is 5.78 Å². The molecule has 2 aromatic rings. The minimum absolute atomic E-state index is 0.119. The maximum Gasteiger partial charge on any atom is 0.310 e. The van der Waals surface area contributed by atoms with Crippen LogP contribution in [0.1, 0.15) is 42.1 Å². The van der Waals surface area contributed by atoms with E-state index < -0.39 is 0 Å². The zero-order valence-corrected chi connectivity index (χ0v) is 17.3. The van der Waals surface area contributed by atoms with Crippen molar-refractivity contribution in [2.75, 3.05) is 31.6 Å². The molecule has 1 aliphatic heterocycles. The van der Waals surface area contributed by atoms with Crippen LogP contribution in [0.25, 0.3) is 0 Å². The van der Waals surface area contributed by atoms with Crippen molar-refractivity contribution < 1.29 is 19.1 Å². The van der Waals surface area contributed by atoms with Crippen molar-refractivity contribution in [1.82, 2.24) is 4.90 Å². The fourth-order valence-corrected chi connectivity index (χ4v) is 3.72. The van der Waals surface area contributed by atoms with Gasteiger partial charge in [-0.25, -0.2) is 0 Å². The summed E-state index contributed by atoms with van der Waals surface area (Å²) in [5.41, 5.74) is 1.56. The summed E-state index contributed by atoms with van der Waals surface area (Å²) in [7, 11) is 0. The molecule has 2 aromatic carbocycles. The molecule has 1 saturated heterocycles. The van der Waals surface area contributed by atoms with Crippen LogP contribution in [-0.4, -0.2) is 48.8 Å². The first-order valence-corrected chi connectivity index (χ1v) is 10.5. The molecule has 1 N–H and O–H groups in total. The minimum atomic E-state index is -0.153. The average molecular weight is 408 g/mol. The molecule has 6 nitrogen and oxygen atoms in total. The third-order valence-corrected chi connectivity index (χ3v) is 5.26. The van der Waals surface area contributed by atoms with Crippen molar-refractivity contribution >= 4 is 23.3 Å². The number of carbonyl (C=O) groups excluding carboxylic acids is 3. The largest absolute Gasteiger partial charge is 0.466 e. The van der Waals surface area contributed by atoms with Gasteiger partial charge in [-0.2, -0.15) is 0 Å². The molecule has 0 spiro atoms. The Bertz CT molecular complexity index is 882. The molecular formula is C24H28N2O4. The first kappa shape index (κ1) is 21.7. The number of likely N-dealkylation sites (tertiary alicyclic amines) is 1. The highest BCUT2D eigenvalue weighted by Crippen LogP contribution is 2.21. The lowest BCUT2D eigenvalue weighted by Gasteiger charge is -2.31. The second-order valence-electron chi connectivity index (χ2n) is 7.43. The van der Waals surface area contributed by atoms with E-state index in [0.29, 0.717) is 42.9 Å². The number of esters is 1. The number of nitrogens with zero attached hydrogens (tertiary/aromatic N) is 1. The molecule has 0 aromatic heterocycles. The second kappa shape index (κ2) is 10.7. The number of amides is 1. The lowest BCUT2D eigenvalue weighted by Crippen LogP contribution is -2.40. The summed E-state index contributed by atoms with van der Waals surface area (Å²) in [4.78, 5) is 39.5. The molecule has 0 saturated carbocycles. The summed E-state index contributed by atoms with van der Waals surface area (Å²) in [5, 5.41) is 2.88. The fraction of sp³-hybridized carbons (Fsp3) is 0.375. The van der Waals surface area contributed by atoms with Gasteiger partial charge in [-0.3, -0.25) is 14.4 Å². The van der Waals surface area contributed by atoms with E-state index >= 15 is 0 Å². The van der Waals surface area contributed by atoms with Gasteiger partial charge in [0.25, 0.3) is 0 Å². The number of para-hydroxylation sites is 1. The van der Waals surface area contributed by atoms with Gasteiger partial charge in [0, 0.05) is 30.6 Å². The van der Waals surface area contributed by atoms with Gasteiger partial charge >= 0.3 is 5.97 Å². The second-order valence-corrected chi connectivity index (χ2v) is 7.43. The monoisotopic (exact) mass is 408 g/mol. The molecule has 6 heteroatoms. The highest BCUT2D eigenvalue weighted by molar-refractivity contribution is 6.13. The van der Waals surface area contributed by atoms with Gasteiger partial charge in [0.2, 0.25) is 5.91 Å². The molecule has 0 radical (unpaired) electrons. The van der Waals surface area contributed by atoms with Gasteiger partial charge in [-0.05, 0) is 38.4 Å². The fourth-order valence-electron chi connectivity index (χ4n) is 3.72. The maximum atomic E-state index is 12.8. The number of hydrogen-bond donors (Lipinski definition) is 1. The number of piperidine rings is 1. The number of hydrogen-bond acceptors (Lipinski definition) is 5. The Hall–Kier alpha value is -2.99. The molecule has 1 amide bonds. The van der Waals surface area contributed by atoms with Crippen molar-refractivity contribution in [2.24, 2.45) is 5.92 Å². The van der Waals surface area contributed by atoms with E-state index in [1.54, 1.807) is 36.4 Å². The van der Waals surface area contributed by atoms with Crippen molar-refractivity contribution in [3.63, 3.8) is 0 Å². The summed E-state index contributed by atoms with van der Waals surface area (Å²) in [6.07, 6.45) is 2.04. The minimum Gasteiger partial charge on any atom is -0.466 e. The number of ether oxygens (including phenoxy) is 1. The van der Waals surface area contributed by atoms with Crippen molar-refractivity contribution in [3.05, 3.63) is 65.7 Å². The molecule has 1 atom stereocenters. The highest BCUT2D eigenvalue weighted by atomic mass is 16.5. The summed E-state index contributed by atoms with van der Waals surface area (Å²) in [5.74, 6) is -0.549. The van der Waals surface area contributed by atoms with Crippen molar-refractivity contribution in [1.29, 1.82) is 0 Å². The van der Waals surface area contributed by atoms with Gasteiger partial charge in [-0.1, -0.05) is 42.5 Å². The third-order valence-electron chi connectivity index (χ3n) is 5.26. The number of ketones is 1. The zero-order valence-electron chi connectivity index (χ0n) is 17.3. The summed E-state index contributed by atoms with van der Waals surface area (Å²) in [6.45, 7) is 4.25. The number of nitrogens with one attached hydrogen (secondary N) is 1. The standard InChI is InChI=1S/C24H28N2O4/c1-2-30-24(29)19-11-8-15-26(17-19)16-14-22(27)25-21-13-7-6-12-20(21)23(28)18-9-4-3-5-10-18/h3-7,9-10,12-13,19H,2,8,11,14-17H2,1H3,(H,25,27). The molecule has 1 aliphatic rings. The van der Waals surface area contributed by atoms with Crippen LogP contribution in [-0.2, 0) is 14.3 Å². The number of carbonyl (C=O) groups is 3. The summed E-state index contributed by atoms with van der Waals surface area (Å²) in [6, 6.07) is 16.1. The van der Waals surface area contributed by atoms with E-state index in [-0.39, 0.29) is 23.6 Å². The van der Waals surface area contributed by atoms with Crippen LogP contribution in [0.3, 0.4) is 0 Å². The molecule has 1 heterocycles. The number of anilines is 1. The third kappa shape index (κ3) is 5.76. The van der Waals surface area contributed by atoms with Crippen LogP contribution in [0.4, 0.5) is 5.69 Å². The van der Waals surface area contributed by atoms with Gasteiger partial charge < -0.3 is 15.0 Å². The molecule has 158 valence electrons. The smallest absolute Gasteiger partial charge is 0.310 e. The van der Waals surface area contributed by atoms with Crippen LogP contribution >= 0.6 is 0 Å². The maximum absolute atomic E-state index is 12.8. The van der Waals surface area contributed by atoms with E-state index in [2.05, 4.69) is 10.2 Å². The van der Waals surface area contributed by atoms with Crippen LogP contribution in [0.2, 0.25) is 0 Å². The molecular weight excluding hydrogens is 380 g/mol. The Kier molecular flexibility index (Phi) is 7.74. The first-order valence-electron chi connectivity index (χ1n) is 10.5. The van der Waals surface area contributed by atoms with Crippen LogP contribution in [0.5, 0.6) is 0 Å². The van der Waals surface area contributed by atoms with Crippen LogP contribution in [0, 0.1) is 5.92 Å². The van der Waals surface area contributed by atoms with Crippen LogP contribution < -0.4 is 5.32 Å². The van der Waals surface area contributed by atoms with Gasteiger partial charge in [-0.15, -0.1) is 0 Å². The van der Waals surface area contributed by atoms with E-state index in [1.807, 2.05) is 25.1 Å². The van der Waals surface area contributed by atoms with Gasteiger partial charge in [0.05, 0.1) is 18.2 Å². The van der Waals surface area contributed by atoms with Crippen LogP contribution in [0.15, 0.2) is 54.6 Å². The quantitative estimate of drug-likeness (QED) is 0.534. The predicted molar refractivity (Wildman–Crippen MR) is 115 cm³/mol. The Morgan fingerprint density at radius 1 is 1.07 bits per heavy atom. The van der Waals surface area contributed by atoms with Gasteiger partial charge in [0.1, 0.15) is 0 Å². The molecule has 0 aliphatic carbocycles. The summed E-state index contributed by atoms with van der Waals surface area (Å²) < 4.78 is 5.13. The Labute approximate surface area is 177 Å². The molecule has 0 bridgehead atoms. The SMILES string of the molecule is CCOC(=O)C1CCCN(CCC(=O)Nc2ccccc2C(=O)c2ccccc2)C1. The topological polar surface area (TPSA) is 75.7 Å². The van der Waals surface area contributed by atoms with Crippen molar-refractivity contribution in [2.45, 2.75) is 26.2 Å². The normalized spacial score (nSPS) is 16.6. The van der Waals surface area contributed by atoms with E-state index in [0.717, 1.165) is 19.4 Å².